The lowest BCUT2D eigenvalue weighted by atomic mass is 9.89. The average molecular weight is 318 g/mol. The summed E-state index contributed by atoms with van der Waals surface area (Å²) >= 11 is 0. The zero-order chi connectivity index (χ0) is 16.7. The maximum Gasteiger partial charge on any atom is 0.143 e. The van der Waals surface area contributed by atoms with E-state index in [0.717, 1.165) is 19.3 Å². The summed E-state index contributed by atoms with van der Waals surface area (Å²) in [6.45, 7) is 4.29. The monoisotopic (exact) mass is 318 g/mol. The summed E-state index contributed by atoms with van der Waals surface area (Å²) in [5.74, 6) is 2.01. The minimum atomic E-state index is 0.0692. The quantitative estimate of drug-likeness (QED) is 0.736. The number of ketones is 1. The van der Waals surface area contributed by atoms with Gasteiger partial charge in [0.1, 0.15) is 5.78 Å². The predicted octanol–water partition coefficient (Wildman–Crippen LogP) is 5.30. The van der Waals surface area contributed by atoms with Gasteiger partial charge in [0, 0.05) is 11.8 Å². The maximum absolute atomic E-state index is 13.0. The number of allylic oxidation sites excluding steroid dienone is 5. The summed E-state index contributed by atoms with van der Waals surface area (Å²) in [5.41, 5.74) is 5.39. The molecule has 0 aliphatic heterocycles. The van der Waals surface area contributed by atoms with Gasteiger partial charge in [-0.05, 0) is 61.1 Å². The number of hydrogen-bond acceptors (Lipinski definition) is 1. The molecule has 1 nitrogen and oxygen atoms in total. The maximum atomic E-state index is 13.0. The van der Waals surface area contributed by atoms with Gasteiger partial charge in [-0.1, -0.05) is 61.1 Å². The third-order valence-electron chi connectivity index (χ3n) is 6.18. The molecule has 0 saturated heterocycles. The molecule has 0 radical (unpaired) electrons. The van der Waals surface area contributed by atoms with Gasteiger partial charge < -0.3 is 0 Å². The van der Waals surface area contributed by atoms with Crippen LogP contribution in [0.25, 0.3) is 6.08 Å². The molecule has 1 aromatic rings. The summed E-state index contributed by atoms with van der Waals surface area (Å²) in [4.78, 5) is 13.0. The molecule has 0 spiro atoms. The number of carbonyl (C=O) groups excluding carboxylic acids is 1. The molecule has 24 heavy (non-hydrogen) atoms. The molecule has 4 unspecified atom stereocenters. The highest BCUT2D eigenvalue weighted by Gasteiger charge is 2.47. The highest BCUT2D eigenvalue weighted by atomic mass is 16.1. The molecule has 0 amide bonds. The molecule has 3 aliphatic rings. The van der Waals surface area contributed by atoms with Gasteiger partial charge in [0.2, 0.25) is 0 Å². The van der Waals surface area contributed by atoms with Crippen LogP contribution in [0.5, 0.6) is 0 Å². The first kappa shape index (κ1) is 15.6. The third kappa shape index (κ3) is 2.81. The smallest absolute Gasteiger partial charge is 0.143 e. The van der Waals surface area contributed by atoms with Crippen LogP contribution in [-0.4, -0.2) is 5.78 Å². The molecule has 0 N–H and O–H groups in total. The Morgan fingerprint density at radius 1 is 1.25 bits per heavy atom. The van der Waals surface area contributed by atoms with Crippen LogP contribution in [0.4, 0.5) is 0 Å². The molecule has 4 rings (SSSR count). The van der Waals surface area contributed by atoms with E-state index in [1.54, 1.807) is 0 Å². The zero-order valence-electron chi connectivity index (χ0n) is 14.7. The SMILES string of the molecule is Cc1cccc2c1CC(C(C)C(=O)C1CC1C1C=CC=CCC1)=C2. The first-order chi connectivity index (χ1) is 11.6. The van der Waals surface area contributed by atoms with E-state index in [0.29, 0.717) is 23.5 Å². The topological polar surface area (TPSA) is 17.1 Å². The Balaban J connectivity index is 1.42. The molecule has 124 valence electrons. The van der Waals surface area contributed by atoms with Gasteiger partial charge in [-0.2, -0.15) is 0 Å². The van der Waals surface area contributed by atoms with Crippen molar-refractivity contribution in [2.75, 3.05) is 0 Å². The van der Waals surface area contributed by atoms with Gasteiger partial charge in [0.15, 0.2) is 0 Å². The van der Waals surface area contributed by atoms with Crippen LogP contribution in [0.2, 0.25) is 0 Å². The van der Waals surface area contributed by atoms with Crippen LogP contribution in [0.15, 0.2) is 48.1 Å². The molecular formula is C23H26O. The predicted molar refractivity (Wildman–Crippen MR) is 99.6 cm³/mol. The molecule has 1 saturated carbocycles. The molecule has 1 heteroatoms. The Morgan fingerprint density at radius 2 is 2.12 bits per heavy atom. The minimum absolute atomic E-state index is 0.0692. The van der Waals surface area contributed by atoms with E-state index >= 15 is 0 Å². The van der Waals surface area contributed by atoms with E-state index in [4.69, 9.17) is 0 Å². The van der Waals surface area contributed by atoms with Crippen LogP contribution in [0.3, 0.4) is 0 Å². The average Bonchev–Trinajstić information content (AvgIpc) is 3.31. The number of Topliss-reactive ketones (excluding diaryl/α,β-unsaturated/α-hetero) is 1. The van der Waals surface area contributed by atoms with Crippen LogP contribution in [0.1, 0.15) is 42.9 Å². The Kier molecular flexibility index (Phi) is 4.04. The fourth-order valence-electron chi connectivity index (χ4n) is 4.48. The normalized spacial score (nSPS) is 28.9. The minimum Gasteiger partial charge on any atom is -0.299 e. The number of aryl methyl sites for hydroxylation is 1. The largest absolute Gasteiger partial charge is 0.299 e. The van der Waals surface area contributed by atoms with Crippen molar-refractivity contribution in [2.45, 2.75) is 39.5 Å². The molecule has 4 atom stereocenters. The summed E-state index contributed by atoms with van der Waals surface area (Å²) in [6.07, 6.45) is 15.5. The first-order valence-electron chi connectivity index (χ1n) is 9.31. The summed E-state index contributed by atoms with van der Waals surface area (Å²) in [6, 6.07) is 6.46. The lowest BCUT2D eigenvalue weighted by molar-refractivity contribution is -0.123. The van der Waals surface area contributed by atoms with Crippen molar-refractivity contribution in [2.24, 2.45) is 23.7 Å². The van der Waals surface area contributed by atoms with E-state index < -0.39 is 0 Å². The standard InChI is InChI=1S/C23H26O/c1-15-8-7-11-18-12-19(13-20(15)18)16(2)23(24)22-14-21(22)17-9-5-3-4-6-10-17/h3-5,7-9,11-12,16-17,21-22H,6,10,13-14H2,1-2H3. The van der Waals surface area contributed by atoms with E-state index in [1.165, 1.54) is 28.7 Å². The first-order valence-corrected chi connectivity index (χ1v) is 9.31. The zero-order valence-corrected chi connectivity index (χ0v) is 14.7. The molecule has 0 aromatic heterocycles. The van der Waals surface area contributed by atoms with Crippen LogP contribution in [0, 0.1) is 30.6 Å². The van der Waals surface area contributed by atoms with Crippen LogP contribution < -0.4 is 0 Å². The van der Waals surface area contributed by atoms with E-state index in [1.807, 2.05) is 0 Å². The Morgan fingerprint density at radius 3 is 2.96 bits per heavy atom. The molecular weight excluding hydrogens is 292 g/mol. The van der Waals surface area contributed by atoms with Gasteiger partial charge in [-0.15, -0.1) is 0 Å². The molecule has 0 bridgehead atoms. The van der Waals surface area contributed by atoms with Crippen LogP contribution in [-0.2, 0) is 11.2 Å². The number of benzene rings is 1. The lowest BCUT2D eigenvalue weighted by Crippen LogP contribution is -2.18. The van der Waals surface area contributed by atoms with Crippen molar-refractivity contribution in [1.29, 1.82) is 0 Å². The summed E-state index contributed by atoms with van der Waals surface area (Å²) in [5, 5.41) is 0. The summed E-state index contributed by atoms with van der Waals surface area (Å²) < 4.78 is 0. The number of hydrogen-bond donors (Lipinski definition) is 0. The van der Waals surface area contributed by atoms with E-state index in [-0.39, 0.29) is 5.92 Å². The van der Waals surface area contributed by atoms with Crippen molar-refractivity contribution >= 4 is 11.9 Å². The highest BCUT2D eigenvalue weighted by molar-refractivity contribution is 5.90. The molecule has 1 aromatic carbocycles. The highest BCUT2D eigenvalue weighted by Crippen LogP contribution is 2.49. The van der Waals surface area contributed by atoms with Crippen molar-refractivity contribution in [3.63, 3.8) is 0 Å². The van der Waals surface area contributed by atoms with Crippen molar-refractivity contribution in [3.05, 3.63) is 64.8 Å². The van der Waals surface area contributed by atoms with Crippen LogP contribution >= 0.6 is 0 Å². The number of carbonyl (C=O) groups is 1. The van der Waals surface area contributed by atoms with E-state index in [2.05, 4.69) is 62.4 Å². The van der Waals surface area contributed by atoms with Crippen molar-refractivity contribution in [3.8, 4) is 0 Å². The van der Waals surface area contributed by atoms with Gasteiger partial charge in [0.05, 0.1) is 0 Å². The summed E-state index contributed by atoms with van der Waals surface area (Å²) in [7, 11) is 0. The van der Waals surface area contributed by atoms with E-state index in [9.17, 15) is 4.79 Å². The second kappa shape index (κ2) is 6.20. The Bertz CT molecular complexity index is 749. The van der Waals surface area contributed by atoms with Gasteiger partial charge >= 0.3 is 0 Å². The van der Waals surface area contributed by atoms with Gasteiger partial charge in [-0.25, -0.2) is 0 Å². The molecule has 0 heterocycles. The van der Waals surface area contributed by atoms with Crippen molar-refractivity contribution in [1.82, 2.24) is 0 Å². The lowest BCUT2D eigenvalue weighted by Gasteiger charge is -2.14. The second-order valence-corrected chi connectivity index (χ2v) is 7.72. The third-order valence-corrected chi connectivity index (χ3v) is 6.18. The Labute approximate surface area is 145 Å². The fraction of sp³-hybridized carbons (Fsp3) is 0.435. The Hall–Kier alpha value is -1.89. The fourth-order valence-corrected chi connectivity index (χ4v) is 4.48. The van der Waals surface area contributed by atoms with Crippen molar-refractivity contribution < 1.29 is 4.79 Å². The number of rotatable bonds is 4. The van der Waals surface area contributed by atoms with Gasteiger partial charge in [-0.3, -0.25) is 4.79 Å². The molecule has 1 fully saturated rings. The second-order valence-electron chi connectivity index (χ2n) is 7.72. The van der Waals surface area contributed by atoms with Gasteiger partial charge in [0.25, 0.3) is 0 Å². The number of fused-ring (bicyclic) bond motifs is 1. The molecule has 3 aliphatic carbocycles.